The summed E-state index contributed by atoms with van der Waals surface area (Å²) >= 11 is 0. The van der Waals surface area contributed by atoms with Gasteiger partial charge in [-0.15, -0.1) is 0 Å². The second-order valence-electron chi connectivity index (χ2n) is 9.12. The van der Waals surface area contributed by atoms with Crippen LogP contribution in [0.2, 0.25) is 0 Å². The summed E-state index contributed by atoms with van der Waals surface area (Å²) in [6.45, 7) is 12.6. The van der Waals surface area contributed by atoms with E-state index in [2.05, 4.69) is 20.8 Å². The average molecular weight is 527 g/mol. The molecule has 0 fully saturated rings. The Kier molecular flexibility index (Phi) is 41.0. The molecule has 0 aliphatic heterocycles. The minimum atomic E-state index is -1.14. The molecule has 0 aliphatic carbocycles. The molecule has 0 atom stereocenters. The van der Waals surface area contributed by atoms with Gasteiger partial charge in [-0.05, 0) is 33.1 Å². The fourth-order valence-corrected chi connectivity index (χ4v) is 4.23. The first-order valence-corrected chi connectivity index (χ1v) is 15.0. The predicted octanol–water partition coefficient (Wildman–Crippen LogP) is 9.73. The fraction of sp³-hybridized carbons (Fsp3) is 1.00. The third-order valence-electron chi connectivity index (χ3n) is 5.08. The van der Waals surface area contributed by atoms with Crippen molar-refractivity contribution in [1.82, 2.24) is 0 Å². The molecule has 0 aliphatic rings. The zero-order chi connectivity index (χ0) is 24.1. The molecule has 0 aromatic rings. The van der Waals surface area contributed by atoms with Gasteiger partial charge in [0.15, 0.2) is 0 Å². The van der Waals surface area contributed by atoms with Gasteiger partial charge in [0.05, 0.1) is 19.8 Å². The van der Waals surface area contributed by atoms with E-state index in [1.807, 2.05) is 0 Å². The van der Waals surface area contributed by atoms with Crippen molar-refractivity contribution in [2.24, 2.45) is 0 Å². The maximum absolute atomic E-state index is 8.06. The number of aliphatic hydroxyl groups is 1. The van der Waals surface area contributed by atoms with Gasteiger partial charge in [0.2, 0.25) is 0 Å². The Morgan fingerprint density at radius 3 is 0.939 bits per heavy atom. The van der Waals surface area contributed by atoms with E-state index < -0.39 is 8.60 Å². The molecule has 33 heavy (non-hydrogen) atoms. The molecule has 6 heteroatoms. The Labute approximate surface area is 224 Å². The number of aliphatic hydroxyl groups excluding tert-OH is 1. The van der Waals surface area contributed by atoms with Crippen LogP contribution in [0.5, 0.6) is 0 Å². The Morgan fingerprint density at radius 1 is 0.485 bits per heavy atom. The number of rotatable bonds is 24. The third kappa shape index (κ3) is 40.4. The van der Waals surface area contributed by atoms with E-state index in [0.717, 1.165) is 39.1 Å². The molecule has 0 rings (SSSR count). The molecule has 1 N–H and O–H groups in total. The molecule has 4 nitrogen and oxygen atoms in total. The fourth-order valence-electron chi connectivity index (χ4n) is 3.18. The summed E-state index contributed by atoms with van der Waals surface area (Å²) in [6, 6.07) is 0. The smallest absolute Gasteiger partial charge is 0.332 e. The van der Waals surface area contributed by atoms with Crippen molar-refractivity contribution in [3.05, 3.63) is 0 Å². The van der Waals surface area contributed by atoms with Gasteiger partial charge in [-0.25, -0.2) is 0 Å². The predicted molar refractivity (Wildman–Crippen MR) is 142 cm³/mol. The van der Waals surface area contributed by atoms with E-state index in [9.17, 15) is 0 Å². The summed E-state index contributed by atoms with van der Waals surface area (Å²) in [7, 11) is -1.14. The first kappa shape index (κ1) is 38.5. The zero-order valence-corrected chi connectivity index (χ0v) is 25.5. The van der Waals surface area contributed by atoms with Gasteiger partial charge in [0.25, 0.3) is 0 Å². The van der Waals surface area contributed by atoms with Gasteiger partial charge in [-0.3, -0.25) is 0 Å². The van der Waals surface area contributed by atoms with Crippen LogP contribution >= 0.6 is 8.60 Å². The van der Waals surface area contributed by atoms with Crippen LogP contribution in [0.15, 0.2) is 0 Å². The second-order valence-corrected chi connectivity index (χ2v) is 10.3. The molecular formula is C27H59O4PTi. The molecule has 0 spiro atoms. The summed E-state index contributed by atoms with van der Waals surface area (Å²) in [4.78, 5) is 0. The van der Waals surface area contributed by atoms with E-state index >= 15 is 0 Å². The van der Waals surface area contributed by atoms with Gasteiger partial charge >= 0.3 is 8.60 Å². The van der Waals surface area contributed by atoms with Crippen molar-refractivity contribution >= 4 is 8.60 Å². The van der Waals surface area contributed by atoms with Crippen molar-refractivity contribution in [3.63, 3.8) is 0 Å². The summed E-state index contributed by atoms with van der Waals surface area (Å²) in [5.74, 6) is 0. The van der Waals surface area contributed by atoms with Crippen LogP contribution in [0.1, 0.15) is 150 Å². The van der Waals surface area contributed by atoms with Crippen molar-refractivity contribution in [1.29, 1.82) is 0 Å². The van der Waals surface area contributed by atoms with Crippen molar-refractivity contribution in [3.8, 4) is 0 Å². The second kappa shape index (κ2) is 35.1. The van der Waals surface area contributed by atoms with Crippen LogP contribution in [-0.2, 0) is 35.3 Å². The van der Waals surface area contributed by atoms with Gasteiger partial charge in [0, 0.05) is 27.8 Å². The van der Waals surface area contributed by atoms with Gasteiger partial charge in [-0.1, -0.05) is 117 Å². The first-order valence-electron chi connectivity index (χ1n) is 13.9. The third-order valence-corrected chi connectivity index (χ3v) is 6.26. The molecule has 0 unspecified atom stereocenters. The number of hydrogen-bond donors (Lipinski definition) is 1. The minimum Gasteiger partial charge on any atom is -0.394 e. The molecule has 0 aromatic carbocycles. The van der Waals surface area contributed by atoms with Crippen LogP contribution in [0, 0.1) is 0 Å². The normalized spacial score (nSPS) is 10.9. The quantitative estimate of drug-likeness (QED) is 0.0773. The summed E-state index contributed by atoms with van der Waals surface area (Å²) in [5.41, 5.74) is 0. The Hall–Kier alpha value is 0.984. The Bertz CT molecular complexity index is 277. The van der Waals surface area contributed by atoms with Crippen molar-refractivity contribution in [2.75, 3.05) is 19.8 Å². The standard InChI is InChI=1S/C24H51O3P.C3H8O.Ti/c1-4-7-10-13-16-19-22-25-28(26-23-20-17-14-11-8-5-2)27-24-21-18-15-12-9-6-3;1-3(2)4;/h4-24H2,1-3H3;3-4H,1-2H3;. The van der Waals surface area contributed by atoms with E-state index in [1.54, 1.807) is 13.8 Å². The molecular weight excluding hydrogens is 467 g/mol. The van der Waals surface area contributed by atoms with Gasteiger partial charge < -0.3 is 18.7 Å². The van der Waals surface area contributed by atoms with E-state index in [-0.39, 0.29) is 27.8 Å². The number of hydrogen-bond acceptors (Lipinski definition) is 4. The van der Waals surface area contributed by atoms with Crippen LogP contribution in [-0.4, -0.2) is 31.0 Å². The van der Waals surface area contributed by atoms with Crippen molar-refractivity contribution in [2.45, 2.75) is 156 Å². The molecule has 0 aromatic heterocycles. The molecule has 0 saturated carbocycles. The van der Waals surface area contributed by atoms with Gasteiger partial charge in [0.1, 0.15) is 0 Å². The molecule has 0 heterocycles. The average Bonchev–Trinajstić information content (AvgIpc) is 2.76. The molecule has 0 radical (unpaired) electrons. The summed E-state index contributed by atoms with van der Waals surface area (Å²) in [5, 5.41) is 8.06. The molecule has 0 amide bonds. The van der Waals surface area contributed by atoms with Crippen LogP contribution in [0.4, 0.5) is 0 Å². The van der Waals surface area contributed by atoms with Gasteiger partial charge in [-0.2, -0.15) is 0 Å². The zero-order valence-electron chi connectivity index (χ0n) is 23.0. The summed E-state index contributed by atoms with van der Waals surface area (Å²) < 4.78 is 17.9. The first-order chi connectivity index (χ1) is 15.6. The van der Waals surface area contributed by atoms with E-state index in [1.165, 1.54) is 96.3 Å². The Balaban J connectivity index is -0.00000165. The molecule has 0 saturated heterocycles. The topological polar surface area (TPSA) is 47.9 Å². The number of unbranched alkanes of at least 4 members (excludes halogenated alkanes) is 15. The largest absolute Gasteiger partial charge is 0.394 e. The van der Waals surface area contributed by atoms with E-state index in [4.69, 9.17) is 18.7 Å². The molecule has 0 bridgehead atoms. The monoisotopic (exact) mass is 526 g/mol. The Morgan fingerprint density at radius 2 is 0.697 bits per heavy atom. The minimum absolute atomic E-state index is 0. The van der Waals surface area contributed by atoms with E-state index in [0.29, 0.717) is 0 Å². The van der Waals surface area contributed by atoms with Crippen LogP contribution in [0.25, 0.3) is 0 Å². The van der Waals surface area contributed by atoms with Crippen LogP contribution in [0.3, 0.4) is 0 Å². The van der Waals surface area contributed by atoms with Crippen LogP contribution < -0.4 is 0 Å². The maximum atomic E-state index is 8.06. The maximum Gasteiger partial charge on any atom is 0.332 e. The molecule has 200 valence electrons. The van der Waals surface area contributed by atoms with Crippen molar-refractivity contribution < 1.29 is 40.4 Å². The summed E-state index contributed by atoms with van der Waals surface area (Å²) in [6.07, 6.45) is 23.0. The SMILES string of the molecule is CC(C)O.CCCCCCCCOP(OCCCCCCCC)OCCCCCCCC.[Ti].